The summed E-state index contributed by atoms with van der Waals surface area (Å²) in [5.41, 5.74) is 3.07. The molecule has 27 heavy (non-hydrogen) atoms. The average molecular weight is 432 g/mol. The van der Waals surface area contributed by atoms with Crippen LogP contribution in [0.25, 0.3) is 11.3 Å². The van der Waals surface area contributed by atoms with Crippen molar-refractivity contribution in [2.75, 3.05) is 26.6 Å². The van der Waals surface area contributed by atoms with Gasteiger partial charge in [0.1, 0.15) is 0 Å². The number of methoxy groups -OCH3 is 3. The van der Waals surface area contributed by atoms with E-state index in [2.05, 4.69) is 38.4 Å². The van der Waals surface area contributed by atoms with Crippen molar-refractivity contribution in [3.63, 3.8) is 0 Å². The number of rotatable bonds is 7. The average Bonchev–Trinajstić information content (AvgIpc) is 3.05. The standard InChI is InChI=1S/C20H22BrN3O3/c1-24-16(13-6-5-7-15(21)10-13)12-23-20(24)22-11-14-8-9-17(25-2)19(27-4)18(14)26-3/h5-10,12H,11H2,1-4H3,(H,22,23). The topological polar surface area (TPSA) is 57.5 Å². The van der Waals surface area contributed by atoms with Gasteiger partial charge >= 0.3 is 0 Å². The number of halogens is 1. The van der Waals surface area contributed by atoms with Gasteiger partial charge in [0.15, 0.2) is 11.5 Å². The lowest BCUT2D eigenvalue weighted by Crippen LogP contribution is -2.07. The first kappa shape index (κ1) is 19.1. The van der Waals surface area contributed by atoms with E-state index in [-0.39, 0.29) is 0 Å². The van der Waals surface area contributed by atoms with Crippen LogP contribution < -0.4 is 19.5 Å². The number of ether oxygens (including phenoxy) is 3. The van der Waals surface area contributed by atoms with E-state index in [0.29, 0.717) is 23.8 Å². The zero-order valence-corrected chi connectivity index (χ0v) is 17.3. The SMILES string of the molecule is COc1ccc(CNc2ncc(-c3cccc(Br)c3)n2C)c(OC)c1OC. The van der Waals surface area contributed by atoms with Crippen molar-refractivity contribution in [2.24, 2.45) is 7.05 Å². The smallest absolute Gasteiger partial charge is 0.203 e. The summed E-state index contributed by atoms with van der Waals surface area (Å²) < 4.78 is 19.4. The summed E-state index contributed by atoms with van der Waals surface area (Å²) in [5, 5.41) is 3.36. The zero-order chi connectivity index (χ0) is 19.4. The molecular formula is C20H22BrN3O3. The number of aromatic nitrogens is 2. The van der Waals surface area contributed by atoms with Gasteiger partial charge in [-0.3, -0.25) is 0 Å². The molecule has 0 unspecified atom stereocenters. The molecule has 1 N–H and O–H groups in total. The number of anilines is 1. The second-order valence-corrected chi connectivity index (χ2v) is 6.80. The Hall–Kier alpha value is -2.67. The van der Waals surface area contributed by atoms with Gasteiger partial charge in [-0.05, 0) is 24.3 Å². The molecule has 1 heterocycles. The maximum Gasteiger partial charge on any atom is 0.203 e. The Morgan fingerprint density at radius 3 is 2.48 bits per heavy atom. The molecule has 142 valence electrons. The Morgan fingerprint density at radius 1 is 1.04 bits per heavy atom. The third-order valence-electron chi connectivity index (χ3n) is 4.33. The van der Waals surface area contributed by atoms with Crippen LogP contribution in [0.2, 0.25) is 0 Å². The lowest BCUT2D eigenvalue weighted by atomic mass is 10.1. The zero-order valence-electron chi connectivity index (χ0n) is 15.7. The van der Waals surface area contributed by atoms with Crippen LogP contribution in [0, 0.1) is 0 Å². The fourth-order valence-electron chi connectivity index (χ4n) is 2.97. The molecule has 0 aliphatic heterocycles. The van der Waals surface area contributed by atoms with Gasteiger partial charge in [0.25, 0.3) is 0 Å². The molecule has 0 aliphatic rings. The Bertz CT molecular complexity index is 940. The van der Waals surface area contributed by atoms with Crippen molar-refractivity contribution in [2.45, 2.75) is 6.54 Å². The minimum atomic E-state index is 0.534. The van der Waals surface area contributed by atoms with Crippen molar-refractivity contribution >= 4 is 21.9 Å². The number of hydrogen-bond acceptors (Lipinski definition) is 5. The molecule has 0 bridgehead atoms. The third-order valence-corrected chi connectivity index (χ3v) is 4.82. The van der Waals surface area contributed by atoms with Gasteiger partial charge in [0, 0.05) is 29.2 Å². The van der Waals surface area contributed by atoms with Crippen LogP contribution in [0.1, 0.15) is 5.56 Å². The van der Waals surface area contributed by atoms with E-state index < -0.39 is 0 Å². The summed E-state index contributed by atoms with van der Waals surface area (Å²) in [5.74, 6) is 2.62. The van der Waals surface area contributed by atoms with Gasteiger partial charge in [0.05, 0.1) is 33.2 Å². The maximum absolute atomic E-state index is 5.54. The highest BCUT2D eigenvalue weighted by Crippen LogP contribution is 2.40. The number of benzene rings is 2. The van der Waals surface area contributed by atoms with E-state index in [4.69, 9.17) is 14.2 Å². The number of hydrogen-bond donors (Lipinski definition) is 1. The van der Waals surface area contributed by atoms with Gasteiger partial charge in [-0.1, -0.05) is 28.1 Å². The molecule has 0 radical (unpaired) electrons. The highest BCUT2D eigenvalue weighted by Gasteiger charge is 2.16. The summed E-state index contributed by atoms with van der Waals surface area (Å²) in [6.45, 7) is 0.534. The van der Waals surface area contributed by atoms with Crippen LogP contribution in [-0.4, -0.2) is 30.9 Å². The van der Waals surface area contributed by atoms with E-state index in [1.165, 1.54) is 0 Å². The highest BCUT2D eigenvalue weighted by atomic mass is 79.9. The molecule has 0 atom stereocenters. The van der Waals surface area contributed by atoms with Gasteiger partial charge in [-0.15, -0.1) is 0 Å². The first-order valence-corrected chi connectivity index (χ1v) is 9.17. The monoisotopic (exact) mass is 431 g/mol. The van der Waals surface area contributed by atoms with Crippen LogP contribution in [0.3, 0.4) is 0 Å². The first-order valence-electron chi connectivity index (χ1n) is 8.38. The maximum atomic E-state index is 5.54. The van der Waals surface area contributed by atoms with E-state index >= 15 is 0 Å². The number of imidazole rings is 1. The quantitative estimate of drug-likeness (QED) is 0.597. The normalized spacial score (nSPS) is 10.6. The van der Waals surface area contributed by atoms with Crippen LogP contribution >= 0.6 is 15.9 Å². The molecule has 2 aromatic carbocycles. The predicted molar refractivity (Wildman–Crippen MR) is 110 cm³/mol. The molecule has 0 saturated heterocycles. The van der Waals surface area contributed by atoms with Crippen LogP contribution in [-0.2, 0) is 13.6 Å². The molecule has 0 amide bonds. The molecule has 0 saturated carbocycles. The summed E-state index contributed by atoms with van der Waals surface area (Å²) in [6.07, 6.45) is 1.86. The van der Waals surface area contributed by atoms with Crippen molar-refractivity contribution in [1.29, 1.82) is 0 Å². The fourth-order valence-corrected chi connectivity index (χ4v) is 3.37. The third kappa shape index (κ3) is 3.88. The van der Waals surface area contributed by atoms with Crippen LogP contribution in [0.5, 0.6) is 17.2 Å². The van der Waals surface area contributed by atoms with Gasteiger partial charge in [-0.2, -0.15) is 0 Å². The summed E-state index contributed by atoms with van der Waals surface area (Å²) in [4.78, 5) is 4.51. The Labute approximate surface area is 167 Å². The lowest BCUT2D eigenvalue weighted by molar-refractivity contribution is 0.322. The Balaban J connectivity index is 1.84. The minimum absolute atomic E-state index is 0.534. The van der Waals surface area contributed by atoms with Crippen molar-refractivity contribution in [3.05, 3.63) is 52.6 Å². The highest BCUT2D eigenvalue weighted by molar-refractivity contribution is 9.10. The summed E-state index contributed by atoms with van der Waals surface area (Å²) in [7, 11) is 6.80. The first-order chi connectivity index (χ1) is 13.1. The molecule has 0 aliphatic carbocycles. The van der Waals surface area contributed by atoms with Gasteiger partial charge in [-0.25, -0.2) is 4.98 Å². The lowest BCUT2D eigenvalue weighted by Gasteiger charge is -2.16. The van der Waals surface area contributed by atoms with E-state index in [0.717, 1.165) is 27.2 Å². The molecule has 0 spiro atoms. The van der Waals surface area contributed by atoms with Gasteiger partial charge < -0.3 is 24.1 Å². The molecular weight excluding hydrogens is 410 g/mol. The number of nitrogens with zero attached hydrogens (tertiary/aromatic N) is 2. The second kappa shape index (κ2) is 8.35. The molecule has 3 rings (SSSR count). The van der Waals surface area contributed by atoms with Gasteiger partial charge in [0.2, 0.25) is 11.7 Å². The van der Waals surface area contributed by atoms with E-state index in [1.54, 1.807) is 21.3 Å². The van der Waals surface area contributed by atoms with Crippen molar-refractivity contribution < 1.29 is 14.2 Å². The molecule has 0 fully saturated rings. The molecule has 6 nitrogen and oxygen atoms in total. The van der Waals surface area contributed by atoms with Crippen LogP contribution in [0.15, 0.2) is 47.1 Å². The number of nitrogens with one attached hydrogen (secondary N) is 1. The predicted octanol–water partition coefficient (Wildman–Crippen LogP) is 4.49. The van der Waals surface area contributed by atoms with E-state index in [9.17, 15) is 0 Å². The van der Waals surface area contributed by atoms with Crippen LogP contribution in [0.4, 0.5) is 5.95 Å². The summed E-state index contributed by atoms with van der Waals surface area (Å²) >= 11 is 3.51. The minimum Gasteiger partial charge on any atom is -0.493 e. The molecule has 7 heteroatoms. The second-order valence-electron chi connectivity index (χ2n) is 5.88. The van der Waals surface area contributed by atoms with Crippen molar-refractivity contribution in [1.82, 2.24) is 9.55 Å². The largest absolute Gasteiger partial charge is 0.493 e. The Morgan fingerprint density at radius 2 is 1.81 bits per heavy atom. The van der Waals surface area contributed by atoms with Crippen molar-refractivity contribution in [3.8, 4) is 28.5 Å². The molecule has 1 aromatic heterocycles. The molecule has 3 aromatic rings. The van der Waals surface area contributed by atoms with E-state index in [1.807, 2.05) is 42.1 Å². The summed E-state index contributed by atoms with van der Waals surface area (Å²) in [6, 6.07) is 12.0. The Kier molecular flexibility index (Phi) is 5.91. The fraction of sp³-hybridized carbons (Fsp3) is 0.250.